The number of hydrogen-bond acceptors (Lipinski definition) is 4. The summed E-state index contributed by atoms with van der Waals surface area (Å²) < 4.78 is 0. The van der Waals surface area contributed by atoms with Gasteiger partial charge in [0.1, 0.15) is 0 Å². The van der Waals surface area contributed by atoms with E-state index in [1.54, 1.807) is 14.1 Å². The van der Waals surface area contributed by atoms with E-state index in [-0.39, 0.29) is 11.9 Å². The van der Waals surface area contributed by atoms with E-state index in [9.17, 15) is 9.59 Å². The second-order valence-electron chi connectivity index (χ2n) is 7.19. The lowest BCUT2D eigenvalue weighted by Crippen LogP contribution is -2.18. The van der Waals surface area contributed by atoms with Crippen molar-refractivity contribution in [3.63, 3.8) is 0 Å². The van der Waals surface area contributed by atoms with Crippen LogP contribution >= 0.6 is 0 Å². The van der Waals surface area contributed by atoms with E-state index in [4.69, 9.17) is 10.6 Å². The molecule has 0 saturated carbocycles. The molecule has 0 aromatic carbocycles. The monoisotopic (exact) mass is 356 g/mol. The van der Waals surface area contributed by atoms with Gasteiger partial charge in [0.2, 0.25) is 5.91 Å². The van der Waals surface area contributed by atoms with Crippen molar-refractivity contribution < 1.29 is 14.4 Å². The lowest BCUT2D eigenvalue weighted by atomic mass is 10.0. The van der Waals surface area contributed by atoms with Crippen molar-refractivity contribution in [1.82, 2.24) is 5.06 Å². The topological polar surface area (TPSA) is 72.6 Å². The van der Waals surface area contributed by atoms with Gasteiger partial charge in [-0.15, -0.1) is 5.06 Å². The summed E-state index contributed by atoms with van der Waals surface area (Å²) in [4.78, 5) is 26.9. The van der Waals surface area contributed by atoms with Crippen LogP contribution in [-0.2, 0) is 14.4 Å². The number of hydrogen-bond donors (Lipinski definition) is 1. The quantitative estimate of drug-likeness (QED) is 0.284. The number of unbranched alkanes of at least 4 members (excludes halogenated alkanes) is 13. The Kier molecular flexibility index (Phi) is 16.9. The second-order valence-corrected chi connectivity index (χ2v) is 7.19. The Morgan fingerprint density at radius 2 is 0.960 bits per heavy atom. The molecule has 148 valence electrons. The molecular weight excluding hydrogens is 316 g/mol. The van der Waals surface area contributed by atoms with Crippen LogP contribution in [-0.4, -0.2) is 31.0 Å². The van der Waals surface area contributed by atoms with E-state index >= 15 is 0 Å². The molecule has 25 heavy (non-hydrogen) atoms. The first kappa shape index (κ1) is 23.9. The van der Waals surface area contributed by atoms with Crippen molar-refractivity contribution in [1.29, 1.82) is 0 Å². The van der Waals surface area contributed by atoms with Crippen LogP contribution in [0, 0.1) is 0 Å². The highest BCUT2D eigenvalue weighted by Crippen LogP contribution is 2.13. The number of nitrogens with two attached hydrogens (primary N) is 1. The van der Waals surface area contributed by atoms with Crippen molar-refractivity contribution in [2.45, 2.75) is 103 Å². The standard InChI is InChI=1S/C20H40N2O3/c1-22(2)25-20(24)18-16-14-12-10-8-6-4-3-5-7-9-11-13-15-17-19(21)23/h3-18H2,1-2H3,(H2,21,23). The van der Waals surface area contributed by atoms with Crippen molar-refractivity contribution in [3.8, 4) is 0 Å². The number of hydroxylamine groups is 2. The summed E-state index contributed by atoms with van der Waals surface area (Å²) in [5, 5.41) is 1.45. The molecule has 0 fully saturated rings. The van der Waals surface area contributed by atoms with Gasteiger partial charge in [-0.3, -0.25) is 9.59 Å². The van der Waals surface area contributed by atoms with Gasteiger partial charge in [-0.05, 0) is 12.8 Å². The van der Waals surface area contributed by atoms with Crippen LogP contribution in [0.1, 0.15) is 103 Å². The Balaban J connectivity index is 3.09. The molecule has 0 unspecified atom stereocenters. The number of nitrogens with zero attached hydrogens (tertiary/aromatic N) is 1. The highest BCUT2D eigenvalue weighted by atomic mass is 16.7. The molecule has 0 rings (SSSR count). The SMILES string of the molecule is CN(C)OC(=O)CCCCCCCCCCCCCCCCC(N)=O. The molecule has 0 atom stereocenters. The highest BCUT2D eigenvalue weighted by molar-refractivity contribution is 5.73. The average Bonchev–Trinajstić information content (AvgIpc) is 2.53. The van der Waals surface area contributed by atoms with Crippen molar-refractivity contribution in [3.05, 3.63) is 0 Å². The van der Waals surface area contributed by atoms with Crippen LogP contribution in [0.15, 0.2) is 0 Å². The first-order valence-electron chi connectivity index (χ1n) is 10.2. The smallest absolute Gasteiger partial charge is 0.325 e. The van der Waals surface area contributed by atoms with E-state index in [0.717, 1.165) is 25.7 Å². The molecule has 5 heteroatoms. The van der Waals surface area contributed by atoms with E-state index in [2.05, 4.69) is 0 Å². The van der Waals surface area contributed by atoms with E-state index in [0.29, 0.717) is 12.8 Å². The fraction of sp³-hybridized carbons (Fsp3) is 0.900. The number of primary amides is 1. The van der Waals surface area contributed by atoms with Gasteiger partial charge in [-0.25, -0.2) is 0 Å². The van der Waals surface area contributed by atoms with Gasteiger partial charge < -0.3 is 10.6 Å². The first-order chi connectivity index (χ1) is 12.0. The van der Waals surface area contributed by atoms with Gasteiger partial charge in [0.15, 0.2) is 0 Å². The molecule has 0 heterocycles. The summed E-state index contributed by atoms with van der Waals surface area (Å²) >= 11 is 0. The van der Waals surface area contributed by atoms with Crippen LogP contribution in [0.4, 0.5) is 0 Å². The number of rotatable bonds is 18. The Morgan fingerprint density at radius 1 is 0.640 bits per heavy atom. The van der Waals surface area contributed by atoms with Crippen LogP contribution in [0.25, 0.3) is 0 Å². The molecule has 0 bridgehead atoms. The molecule has 0 aliphatic heterocycles. The largest absolute Gasteiger partial charge is 0.370 e. The van der Waals surface area contributed by atoms with Crippen molar-refractivity contribution >= 4 is 11.9 Å². The fourth-order valence-electron chi connectivity index (χ4n) is 2.94. The average molecular weight is 357 g/mol. The van der Waals surface area contributed by atoms with Gasteiger partial charge >= 0.3 is 5.97 Å². The van der Waals surface area contributed by atoms with E-state index < -0.39 is 0 Å². The lowest BCUT2D eigenvalue weighted by Gasteiger charge is -2.09. The molecule has 0 aliphatic rings. The molecule has 0 saturated heterocycles. The molecule has 5 nitrogen and oxygen atoms in total. The summed E-state index contributed by atoms with van der Waals surface area (Å²) in [5.74, 6) is -0.301. The van der Waals surface area contributed by atoms with Crippen LogP contribution in [0.3, 0.4) is 0 Å². The zero-order chi connectivity index (χ0) is 18.8. The molecule has 0 aromatic rings. The third kappa shape index (κ3) is 20.9. The number of amides is 1. The normalized spacial score (nSPS) is 11.0. The summed E-state index contributed by atoms with van der Waals surface area (Å²) in [6, 6.07) is 0. The molecular formula is C20H40N2O3. The minimum Gasteiger partial charge on any atom is -0.370 e. The van der Waals surface area contributed by atoms with Crippen molar-refractivity contribution in [2.75, 3.05) is 14.1 Å². The lowest BCUT2D eigenvalue weighted by molar-refractivity contribution is -0.178. The Morgan fingerprint density at radius 3 is 1.28 bits per heavy atom. The van der Waals surface area contributed by atoms with E-state index in [1.165, 1.54) is 69.3 Å². The van der Waals surface area contributed by atoms with Gasteiger partial charge in [0.25, 0.3) is 0 Å². The summed E-state index contributed by atoms with van der Waals surface area (Å²) in [5.41, 5.74) is 5.12. The third-order valence-corrected chi connectivity index (χ3v) is 4.34. The minimum atomic E-state index is -0.174. The Bertz CT molecular complexity index is 333. The highest BCUT2D eigenvalue weighted by Gasteiger charge is 2.03. The van der Waals surface area contributed by atoms with Gasteiger partial charge in [-0.2, -0.15) is 0 Å². The maximum Gasteiger partial charge on any atom is 0.325 e. The van der Waals surface area contributed by atoms with Crippen molar-refractivity contribution in [2.24, 2.45) is 5.73 Å². The molecule has 0 aromatic heterocycles. The second kappa shape index (κ2) is 17.7. The first-order valence-corrected chi connectivity index (χ1v) is 10.2. The zero-order valence-electron chi connectivity index (χ0n) is 16.6. The maximum absolute atomic E-state index is 11.3. The molecule has 0 aliphatic carbocycles. The minimum absolute atomic E-state index is 0.127. The Hall–Kier alpha value is -1.10. The van der Waals surface area contributed by atoms with Gasteiger partial charge in [0.05, 0.1) is 0 Å². The summed E-state index contributed by atoms with van der Waals surface area (Å²) in [6.45, 7) is 0. The fourth-order valence-corrected chi connectivity index (χ4v) is 2.94. The molecule has 1 amide bonds. The predicted molar refractivity (Wildman–Crippen MR) is 103 cm³/mol. The number of carbonyl (C=O) groups excluding carboxylic acids is 2. The maximum atomic E-state index is 11.3. The van der Waals surface area contributed by atoms with Gasteiger partial charge in [0, 0.05) is 26.9 Å². The van der Waals surface area contributed by atoms with Gasteiger partial charge in [-0.1, -0.05) is 77.0 Å². The molecule has 0 spiro atoms. The third-order valence-electron chi connectivity index (χ3n) is 4.34. The molecule has 2 N–H and O–H groups in total. The number of carbonyl (C=O) groups is 2. The van der Waals surface area contributed by atoms with Crippen LogP contribution in [0.2, 0.25) is 0 Å². The predicted octanol–water partition coefficient (Wildman–Crippen LogP) is 4.73. The van der Waals surface area contributed by atoms with Crippen LogP contribution < -0.4 is 5.73 Å². The van der Waals surface area contributed by atoms with E-state index in [1.807, 2.05) is 0 Å². The zero-order valence-corrected chi connectivity index (χ0v) is 16.6. The summed E-state index contributed by atoms with van der Waals surface area (Å²) in [7, 11) is 3.45. The summed E-state index contributed by atoms with van der Waals surface area (Å²) in [6.07, 6.45) is 18.2. The Labute approximate surface area is 154 Å². The van der Waals surface area contributed by atoms with Crippen LogP contribution in [0.5, 0.6) is 0 Å². The molecule has 0 radical (unpaired) electrons.